The van der Waals surface area contributed by atoms with Gasteiger partial charge in [0.1, 0.15) is 0 Å². The largest absolute Gasteiger partial charge is 0.394 e. The van der Waals surface area contributed by atoms with Gasteiger partial charge in [-0.3, -0.25) is 4.79 Å². The monoisotopic (exact) mass is 184 g/mol. The molecule has 0 bridgehead atoms. The Morgan fingerprint density at radius 1 is 1.77 bits per heavy atom. The van der Waals surface area contributed by atoms with Crippen molar-refractivity contribution in [3.63, 3.8) is 0 Å². The van der Waals surface area contributed by atoms with E-state index in [1.165, 1.54) is 0 Å². The van der Waals surface area contributed by atoms with Crippen LogP contribution in [0, 0.1) is 5.92 Å². The van der Waals surface area contributed by atoms with Gasteiger partial charge < -0.3 is 16.2 Å². The number of aliphatic hydroxyl groups excluding tert-OH is 1. The van der Waals surface area contributed by atoms with Gasteiger partial charge in [-0.15, -0.1) is 0 Å². The third kappa shape index (κ3) is 2.82. The van der Waals surface area contributed by atoms with Gasteiger partial charge in [0, 0.05) is 12.1 Å². The van der Waals surface area contributed by atoms with Crippen LogP contribution in [0.4, 0.5) is 0 Å². The molecule has 0 heterocycles. The molecule has 0 aliphatic heterocycles. The standard InChI is InChI=1S/C9H16N2O2/c1-6(5-12)11-9(13)7-2-3-8(10)4-7/h2-3,6-8,12H,4-5,10H2,1H3,(H,11,13)/t6-,7?,8?/m0/s1. The van der Waals surface area contributed by atoms with Gasteiger partial charge in [-0.1, -0.05) is 12.2 Å². The maximum atomic E-state index is 11.4. The molecule has 2 unspecified atom stereocenters. The first-order chi connectivity index (χ1) is 6.13. The molecular weight excluding hydrogens is 168 g/mol. The Morgan fingerprint density at radius 3 is 2.92 bits per heavy atom. The minimum absolute atomic E-state index is 0.000169. The van der Waals surface area contributed by atoms with E-state index < -0.39 is 0 Å². The molecule has 0 fully saturated rings. The highest BCUT2D eigenvalue weighted by molar-refractivity contribution is 5.81. The Labute approximate surface area is 77.8 Å². The number of nitrogens with two attached hydrogens (primary N) is 1. The van der Waals surface area contributed by atoms with Crippen molar-refractivity contribution in [1.29, 1.82) is 0 Å². The summed E-state index contributed by atoms with van der Waals surface area (Å²) >= 11 is 0. The first kappa shape index (κ1) is 10.2. The van der Waals surface area contributed by atoms with Gasteiger partial charge >= 0.3 is 0 Å². The van der Waals surface area contributed by atoms with Crippen LogP contribution in [0.3, 0.4) is 0 Å². The molecule has 1 amide bonds. The predicted octanol–water partition coefficient (Wildman–Crippen LogP) is -0.613. The molecule has 0 saturated heterocycles. The van der Waals surface area contributed by atoms with Crippen molar-refractivity contribution in [3.8, 4) is 0 Å². The molecule has 74 valence electrons. The van der Waals surface area contributed by atoms with E-state index in [1.54, 1.807) is 6.92 Å². The maximum Gasteiger partial charge on any atom is 0.227 e. The normalized spacial score (nSPS) is 28.8. The number of aliphatic hydroxyl groups is 1. The van der Waals surface area contributed by atoms with Crippen LogP contribution in [0.2, 0.25) is 0 Å². The summed E-state index contributed by atoms with van der Waals surface area (Å²) in [6, 6.07) is -0.182. The highest BCUT2D eigenvalue weighted by atomic mass is 16.3. The molecule has 4 nitrogen and oxygen atoms in total. The van der Waals surface area contributed by atoms with Crippen molar-refractivity contribution >= 4 is 5.91 Å². The molecule has 0 saturated carbocycles. The predicted molar refractivity (Wildman–Crippen MR) is 49.9 cm³/mol. The molecule has 3 atom stereocenters. The van der Waals surface area contributed by atoms with Crippen molar-refractivity contribution in [2.75, 3.05) is 6.61 Å². The minimum Gasteiger partial charge on any atom is -0.394 e. The molecule has 0 radical (unpaired) electrons. The zero-order valence-electron chi connectivity index (χ0n) is 7.73. The van der Waals surface area contributed by atoms with Gasteiger partial charge in [-0.25, -0.2) is 0 Å². The van der Waals surface area contributed by atoms with E-state index in [9.17, 15) is 4.79 Å². The summed E-state index contributed by atoms with van der Waals surface area (Å²) < 4.78 is 0. The SMILES string of the molecule is C[C@@H](CO)NC(=O)C1C=CC(N)C1. The third-order valence-electron chi connectivity index (χ3n) is 2.12. The number of nitrogens with one attached hydrogen (secondary N) is 1. The quantitative estimate of drug-likeness (QED) is 0.512. The Balaban J connectivity index is 2.37. The Bertz CT molecular complexity index is 216. The topological polar surface area (TPSA) is 75.3 Å². The van der Waals surface area contributed by atoms with Gasteiger partial charge in [-0.05, 0) is 13.3 Å². The van der Waals surface area contributed by atoms with Crippen LogP contribution in [0.25, 0.3) is 0 Å². The molecule has 1 rings (SSSR count). The summed E-state index contributed by atoms with van der Waals surface area (Å²) in [4.78, 5) is 11.4. The summed E-state index contributed by atoms with van der Waals surface area (Å²) in [7, 11) is 0. The average Bonchev–Trinajstić information content (AvgIpc) is 2.51. The van der Waals surface area contributed by atoms with E-state index in [1.807, 2.05) is 12.2 Å². The van der Waals surface area contributed by atoms with Gasteiger partial charge in [0.15, 0.2) is 0 Å². The number of carbonyl (C=O) groups excluding carboxylic acids is 1. The lowest BCUT2D eigenvalue weighted by Gasteiger charge is -2.14. The summed E-state index contributed by atoms with van der Waals surface area (Å²) in [6.45, 7) is 1.73. The fourth-order valence-corrected chi connectivity index (χ4v) is 1.32. The van der Waals surface area contributed by atoms with Gasteiger partial charge in [0.05, 0.1) is 12.5 Å². The Hall–Kier alpha value is -0.870. The summed E-state index contributed by atoms with van der Waals surface area (Å²) in [5.41, 5.74) is 5.61. The number of amides is 1. The van der Waals surface area contributed by atoms with Gasteiger partial charge in [0.2, 0.25) is 5.91 Å². The molecule has 13 heavy (non-hydrogen) atoms. The van der Waals surface area contributed by atoms with Crippen LogP contribution in [-0.2, 0) is 4.79 Å². The Kier molecular flexibility index (Phi) is 3.45. The lowest BCUT2D eigenvalue weighted by atomic mass is 10.1. The minimum atomic E-state index is -0.183. The fourth-order valence-electron chi connectivity index (χ4n) is 1.32. The number of hydrogen-bond donors (Lipinski definition) is 3. The molecular formula is C9H16N2O2. The smallest absolute Gasteiger partial charge is 0.227 e. The van der Waals surface area contributed by atoms with E-state index in [4.69, 9.17) is 10.8 Å². The zero-order valence-corrected chi connectivity index (χ0v) is 7.73. The average molecular weight is 184 g/mol. The van der Waals surface area contributed by atoms with Crippen molar-refractivity contribution in [2.45, 2.75) is 25.4 Å². The molecule has 0 aromatic heterocycles. The lowest BCUT2D eigenvalue weighted by Crippen LogP contribution is -2.38. The van der Waals surface area contributed by atoms with Crippen LogP contribution in [0.15, 0.2) is 12.2 Å². The van der Waals surface area contributed by atoms with Crippen molar-refractivity contribution < 1.29 is 9.90 Å². The van der Waals surface area contributed by atoms with Crippen LogP contribution in [-0.4, -0.2) is 29.7 Å². The number of carbonyl (C=O) groups is 1. The highest BCUT2D eigenvalue weighted by Gasteiger charge is 2.23. The number of hydrogen-bond acceptors (Lipinski definition) is 3. The van der Waals surface area contributed by atoms with E-state index in [-0.39, 0.29) is 30.5 Å². The molecule has 4 heteroatoms. The molecule has 0 aromatic carbocycles. The fraction of sp³-hybridized carbons (Fsp3) is 0.667. The zero-order chi connectivity index (χ0) is 9.84. The van der Waals surface area contributed by atoms with Crippen LogP contribution >= 0.6 is 0 Å². The molecule has 4 N–H and O–H groups in total. The molecule has 1 aliphatic carbocycles. The lowest BCUT2D eigenvalue weighted by molar-refractivity contribution is -0.124. The van der Waals surface area contributed by atoms with Crippen molar-refractivity contribution in [3.05, 3.63) is 12.2 Å². The van der Waals surface area contributed by atoms with Crippen LogP contribution in [0.5, 0.6) is 0 Å². The second-order valence-corrected chi connectivity index (χ2v) is 3.48. The Morgan fingerprint density at radius 2 is 2.46 bits per heavy atom. The van der Waals surface area contributed by atoms with E-state index in [2.05, 4.69) is 5.32 Å². The van der Waals surface area contributed by atoms with Gasteiger partial charge in [-0.2, -0.15) is 0 Å². The van der Waals surface area contributed by atoms with Crippen LogP contribution in [0.1, 0.15) is 13.3 Å². The summed E-state index contributed by atoms with van der Waals surface area (Å²) in [5.74, 6) is -0.172. The van der Waals surface area contributed by atoms with E-state index >= 15 is 0 Å². The van der Waals surface area contributed by atoms with Gasteiger partial charge in [0.25, 0.3) is 0 Å². The second kappa shape index (κ2) is 4.39. The molecule has 1 aliphatic rings. The van der Waals surface area contributed by atoms with Crippen LogP contribution < -0.4 is 11.1 Å². The second-order valence-electron chi connectivity index (χ2n) is 3.48. The van der Waals surface area contributed by atoms with E-state index in [0.29, 0.717) is 6.42 Å². The maximum absolute atomic E-state index is 11.4. The molecule has 0 spiro atoms. The first-order valence-corrected chi connectivity index (χ1v) is 4.48. The third-order valence-corrected chi connectivity index (χ3v) is 2.12. The first-order valence-electron chi connectivity index (χ1n) is 4.48. The highest BCUT2D eigenvalue weighted by Crippen LogP contribution is 2.16. The van der Waals surface area contributed by atoms with E-state index in [0.717, 1.165) is 0 Å². The summed E-state index contributed by atoms with van der Waals surface area (Å²) in [5, 5.41) is 11.4. The van der Waals surface area contributed by atoms with Crippen molar-refractivity contribution in [2.24, 2.45) is 11.7 Å². The summed E-state index contributed by atoms with van der Waals surface area (Å²) in [6.07, 6.45) is 4.34. The molecule has 0 aromatic rings. The number of rotatable bonds is 3. The van der Waals surface area contributed by atoms with Crippen molar-refractivity contribution in [1.82, 2.24) is 5.32 Å².